The molecule has 0 aromatic heterocycles. The van der Waals surface area contributed by atoms with Crippen molar-refractivity contribution in [1.29, 1.82) is 0 Å². The highest BCUT2D eigenvalue weighted by molar-refractivity contribution is 5.15. The third-order valence-corrected chi connectivity index (χ3v) is 8.47. The quantitative estimate of drug-likeness (QED) is 0.616. The summed E-state index contributed by atoms with van der Waals surface area (Å²) in [4.78, 5) is 5.51. The Labute approximate surface area is 173 Å². The molecule has 3 aliphatic rings. The monoisotopic (exact) mass is 382 g/mol. The Morgan fingerprint density at radius 1 is 0.857 bits per heavy atom. The first kappa shape index (κ1) is 20.4. The van der Waals surface area contributed by atoms with E-state index < -0.39 is 0 Å². The number of piperidine rings is 2. The Kier molecular flexibility index (Phi) is 6.78. The maximum atomic E-state index is 2.76. The number of rotatable bonds is 7. The molecule has 3 fully saturated rings. The van der Waals surface area contributed by atoms with E-state index >= 15 is 0 Å². The summed E-state index contributed by atoms with van der Waals surface area (Å²) in [5.41, 5.74) is 2.08. The van der Waals surface area contributed by atoms with Gasteiger partial charge in [0.2, 0.25) is 0 Å². The second-order valence-electron chi connectivity index (χ2n) is 10.6. The molecule has 0 N–H and O–H groups in total. The van der Waals surface area contributed by atoms with Crippen molar-refractivity contribution in [2.45, 2.75) is 65.2 Å². The highest BCUT2D eigenvalue weighted by Crippen LogP contribution is 2.53. The first-order valence-electron chi connectivity index (χ1n) is 12.1. The van der Waals surface area contributed by atoms with Crippen LogP contribution in [0.1, 0.15) is 64.4 Å². The van der Waals surface area contributed by atoms with Gasteiger partial charge in [0.05, 0.1) is 0 Å². The van der Waals surface area contributed by atoms with Crippen molar-refractivity contribution in [3.8, 4) is 0 Å². The second kappa shape index (κ2) is 9.30. The zero-order chi connectivity index (χ0) is 19.4. The van der Waals surface area contributed by atoms with E-state index in [1.165, 1.54) is 96.2 Å². The van der Waals surface area contributed by atoms with Gasteiger partial charge in [0.15, 0.2) is 0 Å². The topological polar surface area (TPSA) is 6.48 Å². The second-order valence-corrected chi connectivity index (χ2v) is 10.6. The van der Waals surface area contributed by atoms with E-state index in [9.17, 15) is 0 Å². The number of benzene rings is 1. The van der Waals surface area contributed by atoms with Crippen LogP contribution in [0.5, 0.6) is 0 Å². The lowest BCUT2D eigenvalue weighted by atomic mass is 9.53. The molecule has 156 valence electrons. The molecular formula is C26H42N2. The van der Waals surface area contributed by atoms with E-state index in [0.29, 0.717) is 5.41 Å². The zero-order valence-electron chi connectivity index (χ0n) is 18.4. The van der Waals surface area contributed by atoms with Gasteiger partial charge < -0.3 is 9.80 Å². The summed E-state index contributed by atoms with van der Waals surface area (Å²) in [5.74, 6) is 2.78. The molecule has 2 nitrogen and oxygen atoms in total. The van der Waals surface area contributed by atoms with Crippen LogP contribution in [0.2, 0.25) is 0 Å². The van der Waals surface area contributed by atoms with Gasteiger partial charge in [-0.2, -0.15) is 0 Å². The molecule has 0 bridgehead atoms. The van der Waals surface area contributed by atoms with E-state index in [1.54, 1.807) is 0 Å². The van der Waals surface area contributed by atoms with Crippen LogP contribution in [0.4, 0.5) is 0 Å². The lowest BCUT2D eigenvalue weighted by Crippen LogP contribution is -2.51. The molecule has 1 aromatic rings. The van der Waals surface area contributed by atoms with Gasteiger partial charge in [-0.25, -0.2) is 0 Å². The van der Waals surface area contributed by atoms with Crippen molar-refractivity contribution in [2.75, 3.05) is 39.3 Å². The molecule has 1 saturated carbocycles. The van der Waals surface area contributed by atoms with E-state index in [0.717, 1.165) is 17.8 Å². The largest absolute Gasteiger partial charge is 0.303 e. The fraction of sp³-hybridized carbons (Fsp3) is 0.769. The Bertz CT molecular complexity index is 582. The highest BCUT2D eigenvalue weighted by Gasteiger charge is 2.47. The van der Waals surface area contributed by atoms with Gasteiger partial charge in [0, 0.05) is 6.54 Å². The number of hydrogen-bond donors (Lipinski definition) is 0. The molecule has 2 heteroatoms. The molecule has 2 aliphatic heterocycles. The fourth-order valence-corrected chi connectivity index (χ4v) is 6.08. The maximum Gasteiger partial charge on any atom is 0.00150 e. The standard InChI is InChI=1S/C26H42N2/c1-26(2)24(20-25(26)21-28-14-7-4-8-15-28)13-18-27-16-11-23(12-17-27)19-22-9-5-3-6-10-22/h3,5-6,9-10,23-25H,4,7-8,11-21H2,1-2H3. The van der Waals surface area contributed by atoms with E-state index in [2.05, 4.69) is 54.0 Å². The molecule has 28 heavy (non-hydrogen) atoms. The Hall–Kier alpha value is -0.860. The molecule has 0 amide bonds. The average Bonchev–Trinajstić information content (AvgIpc) is 2.73. The predicted molar refractivity (Wildman–Crippen MR) is 120 cm³/mol. The molecule has 2 atom stereocenters. The van der Waals surface area contributed by atoms with Crippen LogP contribution in [-0.2, 0) is 6.42 Å². The number of likely N-dealkylation sites (tertiary alicyclic amines) is 2. The van der Waals surface area contributed by atoms with Gasteiger partial charge in [-0.05, 0) is 106 Å². The minimum absolute atomic E-state index is 0.559. The molecular weight excluding hydrogens is 340 g/mol. The van der Waals surface area contributed by atoms with Crippen LogP contribution < -0.4 is 0 Å². The van der Waals surface area contributed by atoms with Crippen LogP contribution in [0.15, 0.2) is 30.3 Å². The Balaban J connectivity index is 1.15. The third kappa shape index (κ3) is 5.00. The summed E-state index contributed by atoms with van der Waals surface area (Å²) in [6.07, 6.45) is 11.3. The third-order valence-electron chi connectivity index (χ3n) is 8.47. The van der Waals surface area contributed by atoms with Gasteiger partial charge in [0.25, 0.3) is 0 Å². The van der Waals surface area contributed by atoms with Gasteiger partial charge in [-0.15, -0.1) is 0 Å². The van der Waals surface area contributed by atoms with Gasteiger partial charge in [-0.3, -0.25) is 0 Å². The molecule has 1 aliphatic carbocycles. The minimum atomic E-state index is 0.559. The molecule has 2 saturated heterocycles. The van der Waals surface area contributed by atoms with Crippen molar-refractivity contribution >= 4 is 0 Å². The van der Waals surface area contributed by atoms with Crippen LogP contribution in [0.25, 0.3) is 0 Å². The molecule has 2 heterocycles. The highest BCUT2D eigenvalue weighted by atomic mass is 15.1. The van der Waals surface area contributed by atoms with E-state index in [1.807, 2.05) is 0 Å². The first-order valence-corrected chi connectivity index (χ1v) is 12.1. The lowest BCUT2D eigenvalue weighted by Gasteiger charge is -2.54. The van der Waals surface area contributed by atoms with Crippen LogP contribution in [-0.4, -0.2) is 49.1 Å². The van der Waals surface area contributed by atoms with Crippen molar-refractivity contribution in [2.24, 2.45) is 23.2 Å². The summed E-state index contributed by atoms with van der Waals surface area (Å²) < 4.78 is 0. The molecule has 4 rings (SSSR count). The van der Waals surface area contributed by atoms with Crippen molar-refractivity contribution in [3.63, 3.8) is 0 Å². The summed E-state index contributed by atoms with van der Waals surface area (Å²) in [6.45, 7) is 13.2. The van der Waals surface area contributed by atoms with Crippen molar-refractivity contribution in [1.82, 2.24) is 9.80 Å². The molecule has 1 aromatic carbocycles. The SMILES string of the molecule is CC1(C)C(CCN2CCC(Cc3ccccc3)CC2)CC1CN1CCCCC1. The normalized spacial score (nSPS) is 29.5. The van der Waals surface area contributed by atoms with Crippen LogP contribution >= 0.6 is 0 Å². The molecule has 2 unspecified atom stereocenters. The van der Waals surface area contributed by atoms with Crippen LogP contribution in [0, 0.1) is 23.2 Å². The number of hydrogen-bond acceptors (Lipinski definition) is 2. The van der Waals surface area contributed by atoms with E-state index in [-0.39, 0.29) is 0 Å². The first-order chi connectivity index (χ1) is 13.6. The summed E-state index contributed by atoms with van der Waals surface area (Å²) in [6, 6.07) is 11.1. The van der Waals surface area contributed by atoms with Gasteiger partial charge >= 0.3 is 0 Å². The summed E-state index contributed by atoms with van der Waals surface area (Å²) >= 11 is 0. The molecule has 0 spiro atoms. The Morgan fingerprint density at radius 3 is 2.25 bits per heavy atom. The summed E-state index contributed by atoms with van der Waals surface area (Å²) in [5, 5.41) is 0. The van der Waals surface area contributed by atoms with Gasteiger partial charge in [-0.1, -0.05) is 50.6 Å². The van der Waals surface area contributed by atoms with Crippen molar-refractivity contribution < 1.29 is 0 Å². The Morgan fingerprint density at radius 2 is 1.57 bits per heavy atom. The average molecular weight is 383 g/mol. The predicted octanol–water partition coefficient (Wildman–Crippen LogP) is 5.48. The lowest BCUT2D eigenvalue weighted by molar-refractivity contribution is -0.0510. The van der Waals surface area contributed by atoms with Crippen LogP contribution in [0.3, 0.4) is 0 Å². The van der Waals surface area contributed by atoms with Gasteiger partial charge in [0.1, 0.15) is 0 Å². The number of nitrogens with zero attached hydrogens (tertiary/aromatic N) is 2. The zero-order valence-corrected chi connectivity index (χ0v) is 18.4. The van der Waals surface area contributed by atoms with Crippen molar-refractivity contribution in [3.05, 3.63) is 35.9 Å². The smallest absolute Gasteiger partial charge is 0.00150 e. The molecule has 0 radical (unpaired) electrons. The van der Waals surface area contributed by atoms with E-state index in [4.69, 9.17) is 0 Å². The summed E-state index contributed by atoms with van der Waals surface area (Å²) in [7, 11) is 0. The fourth-order valence-electron chi connectivity index (χ4n) is 6.08. The minimum Gasteiger partial charge on any atom is -0.303 e. The maximum absolute atomic E-state index is 2.76.